The zero-order valence-corrected chi connectivity index (χ0v) is 16.6. The van der Waals surface area contributed by atoms with Crippen molar-refractivity contribution in [3.63, 3.8) is 0 Å². The second kappa shape index (κ2) is 11.0. The Balaban J connectivity index is 0.00000280. The summed E-state index contributed by atoms with van der Waals surface area (Å²) in [5.41, 5.74) is 6.61. The maximum absolute atomic E-state index is 13.2. The Bertz CT molecular complexity index is 758. The highest BCUT2D eigenvalue weighted by atomic mass is 35.5. The molecule has 1 saturated heterocycles. The highest BCUT2D eigenvalue weighted by Gasteiger charge is 2.25. The monoisotopic (exact) mass is 407 g/mol. The van der Waals surface area contributed by atoms with Gasteiger partial charge in [-0.1, -0.05) is 18.2 Å². The molecule has 0 bridgehead atoms. The van der Waals surface area contributed by atoms with Crippen molar-refractivity contribution >= 4 is 18.3 Å². The maximum atomic E-state index is 13.2. The fourth-order valence-corrected chi connectivity index (χ4v) is 3.34. The number of nitrogens with zero attached hydrogens (tertiary/aromatic N) is 1. The third-order valence-corrected chi connectivity index (χ3v) is 4.68. The minimum atomic E-state index is -0.320. The van der Waals surface area contributed by atoms with Gasteiger partial charge in [0, 0.05) is 32.2 Å². The Hall–Kier alpha value is -2.15. The number of halogens is 2. The van der Waals surface area contributed by atoms with Crippen LogP contribution in [0.4, 0.5) is 4.39 Å². The van der Waals surface area contributed by atoms with Gasteiger partial charge in [-0.15, -0.1) is 12.4 Å². The van der Waals surface area contributed by atoms with Crippen LogP contribution in [0.3, 0.4) is 0 Å². The zero-order chi connectivity index (χ0) is 19.1. The predicted molar refractivity (Wildman–Crippen MR) is 110 cm³/mol. The third-order valence-electron chi connectivity index (χ3n) is 4.68. The van der Waals surface area contributed by atoms with Crippen LogP contribution in [0.15, 0.2) is 48.5 Å². The summed E-state index contributed by atoms with van der Waals surface area (Å²) >= 11 is 0. The molecule has 7 heteroatoms. The Labute approximate surface area is 171 Å². The Morgan fingerprint density at radius 3 is 2.71 bits per heavy atom. The van der Waals surface area contributed by atoms with Crippen LogP contribution in [0.2, 0.25) is 0 Å². The lowest BCUT2D eigenvalue weighted by molar-refractivity contribution is -0.126. The first-order chi connectivity index (χ1) is 13.1. The van der Waals surface area contributed by atoms with E-state index in [1.54, 1.807) is 12.1 Å². The van der Waals surface area contributed by atoms with Gasteiger partial charge in [-0.05, 0) is 49.2 Å². The Morgan fingerprint density at radius 2 is 2.00 bits per heavy atom. The molecule has 1 unspecified atom stereocenters. The van der Waals surface area contributed by atoms with E-state index in [0.29, 0.717) is 24.6 Å². The van der Waals surface area contributed by atoms with Gasteiger partial charge in [0.05, 0.1) is 5.92 Å². The van der Waals surface area contributed by atoms with Crippen LogP contribution >= 0.6 is 12.4 Å². The molecule has 0 aromatic heterocycles. The number of piperidine rings is 1. The minimum Gasteiger partial charge on any atom is -0.457 e. The summed E-state index contributed by atoms with van der Waals surface area (Å²) in [5.74, 6) is 0.955. The molecule has 1 atom stereocenters. The third kappa shape index (κ3) is 6.48. The smallest absolute Gasteiger partial charge is 0.224 e. The van der Waals surface area contributed by atoms with Gasteiger partial charge in [0.1, 0.15) is 17.3 Å². The molecule has 5 nitrogen and oxygen atoms in total. The SMILES string of the molecule is Cl.NCCNC(=O)C1CCCN(Cc2ccc(Oc3cccc(F)c3)cc2)C1. The van der Waals surface area contributed by atoms with Crippen LogP contribution in [0.5, 0.6) is 11.5 Å². The first-order valence-electron chi connectivity index (χ1n) is 9.36. The second-order valence-electron chi connectivity index (χ2n) is 6.86. The summed E-state index contributed by atoms with van der Waals surface area (Å²) in [7, 11) is 0. The molecule has 3 rings (SSSR count). The van der Waals surface area contributed by atoms with Crippen LogP contribution < -0.4 is 15.8 Å². The predicted octanol–water partition coefficient (Wildman–Crippen LogP) is 3.33. The van der Waals surface area contributed by atoms with Crippen molar-refractivity contribution in [3.05, 3.63) is 59.9 Å². The van der Waals surface area contributed by atoms with Gasteiger partial charge in [-0.2, -0.15) is 0 Å². The van der Waals surface area contributed by atoms with E-state index in [2.05, 4.69) is 10.2 Å². The van der Waals surface area contributed by atoms with Crippen LogP contribution in [-0.2, 0) is 11.3 Å². The molecule has 2 aromatic rings. The lowest BCUT2D eigenvalue weighted by atomic mass is 9.96. The van der Waals surface area contributed by atoms with Crippen molar-refractivity contribution in [3.8, 4) is 11.5 Å². The van der Waals surface area contributed by atoms with E-state index in [0.717, 1.165) is 38.0 Å². The van der Waals surface area contributed by atoms with Gasteiger partial charge in [0.25, 0.3) is 0 Å². The summed E-state index contributed by atoms with van der Waals surface area (Å²) in [6.45, 7) is 3.54. The number of likely N-dealkylation sites (tertiary alicyclic amines) is 1. The highest BCUT2D eigenvalue weighted by Crippen LogP contribution is 2.24. The summed E-state index contributed by atoms with van der Waals surface area (Å²) < 4.78 is 18.9. The molecule has 1 heterocycles. The minimum absolute atomic E-state index is 0. The van der Waals surface area contributed by atoms with Crippen molar-refractivity contribution in [1.82, 2.24) is 10.2 Å². The maximum Gasteiger partial charge on any atom is 0.224 e. The molecule has 3 N–H and O–H groups in total. The number of carbonyl (C=O) groups excluding carboxylic acids is 1. The Kier molecular flexibility index (Phi) is 8.70. The van der Waals surface area contributed by atoms with E-state index in [1.165, 1.54) is 12.1 Å². The fraction of sp³-hybridized carbons (Fsp3) is 0.381. The van der Waals surface area contributed by atoms with Crippen LogP contribution in [0.1, 0.15) is 18.4 Å². The van der Waals surface area contributed by atoms with E-state index < -0.39 is 0 Å². The van der Waals surface area contributed by atoms with Gasteiger partial charge < -0.3 is 15.8 Å². The van der Waals surface area contributed by atoms with E-state index in [-0.39, 0.29) is 30.0 Å². The molecule has 0 spiro atoms. The van der Waals surface area contributed by atoms with Crippen molar-refractivity contribution < 1.29 is 13.9 Å². The molecular weight excluding hydrogens is 381 g/mol. The standard InChI is InChI=1S/C21H26FN3O2.ClH/c22-18-4-1-5-20(13-18)27-19-8-6-16(7-9-19)14-25-12-2-3-17(15-25)21(26)24-11-10-23;/h1,4-9,13,17H,2-3,10-12,14-15,23H2,(H,24,26);1H. The number of nitrogens with one attached hydrogen (secondary N) is 1. The highest BCUT2D eigenvalue weighted by molar-refractivity contribution is 5.85. The number of amides is 1. The van der Waals surface area contributed by atoms with Gasteiger partial charge in [0.15, 0.2) is 0 Å². The van der Waals surface area contributed by atoms with Crippen molar-refractivity contribution in [2.45, 2.75) is 19.4 Å². The molecule has 2 aromatic carbocycles. The average Bonchev–Trinajstić information content (AvgIpc) is 2.68. The van der Waals surface area contributed by atoms with E-state index in [9.17, 15) is 9.18 Å². The van der Waals surface area contributed by atoms with Crippen molar-refractivity contribution in [1.29, 1.82) is 0 Å². The van der Waals surface area contributed by atoms with Crippen LogP contribution in [0, 0.1) is 11.7 Å². The lowest BCUT2D eigenvalue weighted by Gasteiger charge is -2.32. The number of rotatable bonds is 7. The van der Waals surface area contributed by atoms with E-state index >= 15 is 0 Å². The number of nitrogens with two attached hydrogens (primary N) is 1. The largest absolute Gasteiger partial charge is 0.457 e. The first kappa shape index (κ1) is 22.1. The quantitative estimate of drug-likeness (QED) is 0.738. The number of benzene rings is 2. The summed E-state index contributed by atoms with van der Waals surface area (Å²) in [4.78, 5) is 14.5. The van der Waals surface area contributed by atoms with Crippen molar-refractivity contribution in [2.75, 3.05) is 26.2 Å². The number of ether oxygens (including phenoxy) is 1. The van der Waals surface area contributed by atoms with Gasteiger partial charge in [-0.25, -0.2) is 4.39 Å². The average molecular weight is 408 g/mol. The number of hydrogen-bond donors (Lipinski definition) is 2. The molecule has 1 fully saturated rings. The number of hydrogen-bond acceptors (Lipinski definition) is 4. The molecule has 1 aliphatic rings. The molecular formula is C21H27ClFN3O2. The molecule has 0 saturated carbocycles. The summed E-state index contributed by atoms with van der Waals surface area (Å²) in [5, 5.41) is 2.89. The second-order valence-corrected chi connectivity index (χ2v) is 6.86. The summed E-state index contributed by atoms with van der Waals surface area (Å²) in [6.07, 6.45) is 1.94. The topological polar surface area (TPSA) is 67.6 Å². The molecule has 1 aliphatic heterocycles. The number of carbonyl (C=O) groups is 1. The molecule has 0 aliphatic carbocycles. The Morgan fingerprint density at radius 1 is 1.21 bits per heavy atom. The first-order valence-corrected chi connectivity index (χ1v) is 9.36. The van der Waals surface area contributed by atoms with E-state index in [1.807, 2.05) is 24.3 Å². The van der Waals surface area contributed by atoms with Gasteiger partial charge >= 0.3 is 0 Å². The fourth-order valence-electron chi connectivity index (χ4n) is 3.34. The molecule has 28 heavy (non-hydrogen) atoms. The normalized spacial score (nSPS) is 16.9. The van der Waals surface area contributed by atoms with Crippen LogP contribution in [0.25, 0.3) is 0 Å². The summed E-state index contributed by atoms with van der Waals surface area (Å²) in [6, 6.07) is 13.9. The van der Waals surface area contributed by atoms with E-state index in [4.69, 9.17) is 10.5 Å². The van der Waals surface area contributed by atoms with Crippen LogP contribution in [-0.4, -0.2) is 37.0 Å². The van der Waals surface area contributed by atoms with Gasteiger partial charge in [0.2, 0.25) is 5.91 Å². The van der Waals surface area contributed by atoms with Gasteiger partial charge in [-0.3, -0.25) is 9.69 Å². The molecule has 1 amide bonds. The molecule has 152 valence electrons. The lowest BCUT2D eigenvalue weighted by Crippen LogP contribution is -2.43. The zero-order valence-electron chi connectivity index (χ0n) is 15.8. The van der Waals surface area contributed by atoms with Crippen molar-refractivity contribution in [2.24, 2.45) is 11.7 Å². The molecule has 0 radical (unpaired) electrons.